The van der Waals surface area contributed by atoms with E-state index in [1.165, 1.54) is 0 Å². The smallest absolute Gasteiger partial charge is 0.268 e. The molecule has 1 aliphatic rings. The summed E-state index contributed by atoms with van der Waals surface area (Å²) < 4.78 is 5.14. The van der Waals surface area contributed by atoms with Gasteiger partial charge in [0.2, 0.25) is 5.89 Å². The first kappa shape index (κ1) is 17.9. The number of nitrogens with one attached hydrogen (secondary N) is 1. The molecule has 1 N–H and O–H groups in total. The molecule has 0 saturated carbocycles. The van der Waals surface area contributed by atoms with Gasteiger partial charge in [-0.1, -0.05) is 53.7 Å². The number of amides is 1. The minimum absolute atomic E-state index is 0.0368. The molecule has 1 aliphatic heterocycles. The molecular weight excluding hydrogens is 354 g/mol. The van der Waals surface area contributed by atoms with Crippen LogP contribution in [-0.4, -0.2) is 21.8 Å². The highest BCUT2D eigenvalue weighted by molar-refractivity contribution is 6.39. The standard InChI is InChI=1S/C21H21N5O2/c1-14(21-23-15(2)25-28-21)22-20(27)18-13-19(16-9-5-3-6-10-16)26(24-18)17-11-7-4-8-12-17/h3-12,14,19H,13H2,1-2H3,(H,22,27). The fourth-order valence-corrected chi connectivity index (χ4v) is 3.23. The van der Waals surface area contributed by atoms with Crippen LogP contribution in [0.3, 0.4) is 0 Å². The average molecular weight is 375 g/mol. The minimum Gasteiger partial charge on any atom is -0.339 e. The van der Waals surface area contributed by atoms with Gasteiger partial charge in [-0.15, -0.1) is 0 Å². The number of carbonyl (C=O) groups is 1. The van der Waals surface area contributed by atoms with Crippen molar-refractivity contribution in [1.82, 2.24) is 15.5 Å². The van der Waals surface area contributed by atoms with Crippen LogP contribution in [0, 0.1) is 6.92 Å². The normalized spacial score (nSPS) is 17.3. The molecule has 1 amide bonds. The lowest BCUT2D eigenvalue weighted by Gasteiger charge is -2.23. The van der Waals surface area contributed by atoms with Crippen LogP contribution >= 0.6 is 0 Å². The van der Waals surface area contributed by atoms with Gasteiger partial charge in [0.25, 0.3) is 5.91 Å². The molecule has 3 aromatic rings. The summed E-state index contributed by atoms with van der Waals surface area (Å²) in [6.07, 6.45) is 0.514. The Hall–Kier alpha value is -3.48. The molecule has 2 aromatic carbocycles. The molecule has 7 nitrogen and oxygen atoms in total. The fourth-order valence-electron chi connectivity index (χ4n) is 3.23. The summed E-state index contributed by atoms with van der Waals surface area (Å²) in [5.74, 6) is 0.681. The maximum atomic E-state index is 12.8. The van der Waals surface area contributed by atoms with Crippen molar-refractivity contribution >= 4 is 17.3 Å². The van der Waals surface area contributed by atoms with E-state index in [4.69, 9.17) is 4.52 Å². The lowest BCUT2D eigenvalue weighted by atomic mass is 10.0. The number of aryl methyl sites for hydroxylation is 1. The van der Waals surface area contributed by atoms with Gasteiger partial charge in [0.05, 0.1) is 11.7 Å². The average Bonchev–Trinajstić information content (AvgIpc) is 3.36. The fraction of sp³-hybridized carbons (Fsp3) is 0.238. The Bertz CT molecular complexity index is 984. The molecule has 0 aliphatic carbocycles. The van der Waals surface area contributed by atoms with Gasteiger partial charge < -0.3 is 9.84 Å². The Morgan fingerprint density at radius 3 is 2.46 bits per heavy atom. The van der Waals surface area contributed by atoms with Crippen molar-refractivity contribution in [3.05, 3.63) is 77.9 Å². The lowest BCUT2D eigenvalue weighted by molar-refractivity contribution is -0.115. The van der Waals surface area contributed by atoms with Gasteiger partial charge >= 0.3 is 0 Å². The van der Waals surface area contributed by atoms with E-state index in [-0.39, 0.29) is 11.9 Å². The number of hydrogen-bond acceptors (Lipinski definition) is 6. The number of nitrogens with zero attached hydrogens (tertiary/aromatic N) is 4. The molecular formula is C21H21N5O2. The van der Waals surface area contributed by atoms with Crippen molar-refractivity contribution in [2.75, 3.05) is 5.01 Å². The van der Waals surface area contributed by atoms with Gasteiger partial charge in [-0.25, -0.2) is 0 Å². The molecule has 28 heavy (non-hydrogen) atoms. The number of carbonyl (C=O) groups excluding carboxylic acids is 1. The number of hydrazone groups is 1. The molecule has 4 rings (SSSR count). The monoisotopic (exact) mass is 375 g/mol. The van der Waals surface area contributed by atoms with Gasteiger partial charge in [0, 0.05) is 6.42 Å². The molecule has 7 heteroatoms. The van der Waals surface area contributed by atoms with Gasteiger partial charge in [0.1, 0.15) is 11.8 Å². The molecule has 2 heterocycles. The van der Waals surface area contributed by atoms with Crippen molar-refractivity contribution in [3.63, 3.8) is 0 Å². The minimum atomic E-state index is -0.391. The highest BCUT2D eigenvalue weighted by Crippen LogP contribution is 2.35. The van der Waals surface area contributed by atoms with E-state index in [2.05, 4.69) is 32.7 Å². The second-order valence-electron chi connectivity index (χ2n) is 6.73. The maximum Gasteiger partial charge on any atom is 0.268 e. The van der Waals surface area contributed by atoms with Crippen LogP contribution in [0.4, 0.5) is 5.69 Å². The van der Waals surface area contributed by atoms with Gasteiger partial charge in [0.15, 0.2) is 5.82 Å². The molecule has 1 aromatic heterocycles. The van der Waals surface area contributed by atoms with E-state index in [0.717, 1.165) is 11.3 Å². The van der Waals surface area contributed by atoms with Crippen LogP contribution in [0.5, 0.6) is 0 Å². The molecule has 0 saturated heterocycles. The Balaban J connectivity index is 1.57. The Morgan fingerprint density at radius 2 is 1.82 bits per heavy atom. The summed E-state index contributed by atoms with van der Waals surface area (Å²) in [7, 11) is 0. The van der Waals surface area contributed by atoms with Crippen molar-refractivity contribution in [2.45, 2.75) is 32.4 Å². The molecule has 142 valence electrons. The van der Waals surface area contributed by atoms with Gasteiger partial charge in [-0.05, 0) is 31.5 Å². The Morgan fingerprint density at radius 1 is 1.14 bits per heavy atom. The summed E-state index contributed by atoms with van der Waals surface area (Å²) >= 11 is 0. The first-order chi connectivity index (χ1) is 13.6. The third-order valence-electron chi connectivity index (χ3n) is 4.64. The van der Waals surface area contributed by atoms with Crippen LogP contribution in [0.2, 0.25) is 0 Å². The van der Waals surface area contributed by atoms with Gasteiger partial charge in [-0.3, -0.25) is 9.80 Å². The number of hydrogen-bond donors (Lipinski definition) is 1. The van der Waals surface area contributed by atoms with E-state index in [0.29, 0.717) is 23.8 Å². The largest absolute Gasteiger partial charge is 0.339 e. The van der Waals surface area contributed by atoms with Gasteiger partial charge in [-0.2, -0.15) is 10.1 Å². The number of aromatic nitrogens is 2. The summed E-state index contributed by atoms with van der Waals surface area (Å²) in [6.45, 7) is 3.55. The highest BCUT2D eigenvalue weighted by Gasteiger charge is 2.33. The van der Waals surface area contributed by atoms with Crippen LogP contribution in [0.1, 0.15) is 42.7 Å². The van der Waals surface area contributed by atoms with Crippen LogP contribution in [0.25, 0.3) is 0 Å². The summed E-state index contributed by atoms with van der Waals surface area (Å²) in [4.78, 5) is 17.0. The third-order valence-corrected chi connectivity index (χ3v) is 4.64. The quantitative estimate of drug-likeness (QED) is 0.737. The van der Waals surface area contributed by atoms with E-state index in [1.54, 1.807) is 6.92 Å². The van der Waals surface area contributed by atoms with E-state index in [1.807, 2.05) is 60.5 Å². The topological polar surface area (TPSA) is 83.6 Å². The van der Waals surface area contributed by atoms with E-state index >= 15 is 0 Å². The second kappa shape index (κ2) is 7.64. The Kier molecular flexibility index (Phi) is 4.89. The maximum absolute atomic E-state index is 12.8. The van der Waals surface area contributed by atoms with E-state index in [9.17, 15) is 4.79 Å². The molecule has 2 atom stereocenters. The second-order valence-corrected chi connectivity index (χ2v) is 6.73. The zero-order chi connectivity index (χ0) is 19.5. The predicted molar refractivity (Wildman–Crippen MR) is 106 cm³/mol. The molecule has 0 radical (unpaired) electrons. The third kappa shape index (κ3) is 3.64. The zero-order valence-electron chi connectivity index (χ0n) is 15.7. The van der Waals surface area contributed by atoms with Crippen molar-refractivity contribution in [2.24, 2.45) is 5.10 Å². The Labute approximate surface area is 163 Å². The summed E-state index contributed by atoms with van der Waals surface area (Å²) in [6, 6.07) is 19.5. The number of para-hydroxylation sites is 1. The summed E-state index contributed by atoms with van der Waals surface area (Å²) in [5, 5.41) is 13.2. The van der Waals surface area contributed by atoms with Crippen molar-refractivity contribution in [1.29, 1.82) is 0 Å². The highest BCUT2D eigenvalue weighted by atomic mass is 16.5. The van der Waals surface area contributed by atoms with Crippen LogP contribution in [0.15, 0.2) is 70.3 Å². The van der Waals surface area contributed by atoms with Crippen molar-refractivity contribution in [3.8, 4) is 0 Å². The molecule has 0 fully saturated rings. The molecule has 0 bridgehead atoms. The van der Waals surface area contributed by atoms with Crippen LogP contribution in [-0.2, 0) is 4.79 Å². The first-order valence-corrected chi connectivity index (χ1v) is 9.19. The summed E-state index contributed by atoms with van der Waals surface area (Å²) in [5.41, 5.74) is 2.53. The number of rotatable bonds is 5. The SMILES string of the molecule is Cc1noc(C(C)NC(=O)C2=NN(c3ccccc3)C(c3ccccc3)C2)n1. The number of benzene rings is 2. The molecule has 2 unspecified atom stereocenters. The van der Waals surface area contributed by atoms with Crippen LogP contribution < -0.4 is 10.3 Å². The number of anilines is 1. The predicted octanol–water partition coefficient (Wildman–Crippen LogP) is 3.56. The lowest BCUT2D eigenvalue weighted by Crippen LogP contribution is -2.32. The first-order valence-electron chi connectivity index (χ1n) is 9.19. The van der Waals surface area contributed by atoms with Crippen molar-refractivity contribution < 1.29 is 9.32 Å². The molecule has 0 spiro atoms. The zero-order valence-corrected chi connectivity index (χ0v) is 15.7. The van der Waals surface area contributed by atoms with E-state index < -0.39 is 6.04 Å².